The fourth-order valence-corrected chi connectivity index (χ4v) is 6.88. The van der Waals surface area contributed by atoms with Gasteiger partial charge in [-0.05, 0) is 79.6 Å². The molecule has 2 N–H and O–H groups in total. The van der Waals surface area contributed by atoms with Crippen LogP contribution in [0.2, 0.25) is 0 Å². The molecular formula is C20H30O3. The molecule has 0 aromatic carbocycles. The number of fused-ring (bicyclic) bond motifs is 5. The van der Waals surface area contributed by atoms with Gasteiger partial charge in [0.1, 0.15) is 0 Å². The van der Waals surface area contributed by atoms with Gasteiger partial charge in [-0.25, -0.2) is 0 Å². The van der Waals surface area contributed by atoms with Crippen LogP contribution in [0, 0.1) is 34.5 Å². The molecule has 3 nitrogen and oxygen atoms in total. The summed E-state index contributed by atoms with van der Waals surface area (Å²) in [5, 5.41) is 20.1. The third-order valence-electron chi connectivity index (χ3n) is 8.30. The predicted molar refractivity (Wildman–Crippen MR) is 88.7 cm³/mol. The van der Waals surface area contributed by atoms with Gasteiger partial charge in [0.2, 0.25) is 0 Å². The summed E-state index contributed by atoms with van der Waals surface area (Å²) in [6.45, 7) is 4.63. The zero-order valence-electron chi connectivity index (χ0n) is 14.4. The van der Waals surface area contributed by atoms with E-state index in [9.17, 15) is 15.0 Å². The molecule has 7 unspecified atom stereocenters. The highest BCUT2D eigenvalue weighted by molar-refractivity contribution is 5.93. The molecule has 4 aliphatic rings. The minimum absolute atomic E-state index is 0.0184. The van der Waals surface area contributed by atoms with Crippen LogP contribution < -0.4 is 0 Å². The highest BCUT2D eigenvalue weighted by atomic mass is 16.3. The van der Waals surface area contributed by atoms with E-state index in [2.05, 4.69) is 13.8 Å². The quantitative estimate of drug-likeness (QED) is 0.781. The minimum Gasteiger partial charge on any atom is -0.396 e. The first-order chi connectivity index (χ1) is 10.9. The average molecular weight is 318 g/mol. The summed E-state index contributed by atoms with van der Waals surface area (Å²) in [4.78, 5) is 12.2. The van der Waals surface area contributed by atoms with E-state index >= 15 is 0 Å². The first-order valence-electron chi connectivity index (χ1n) is 9.44. The molecule has 0 amide bonds. The van der Waals surface area contributed by atoms with Crippen LogP contribution in [0.25, 0.3) is 0 Å². The van der Waals surface area contributed by atoms with E-state index in [1.54, 1.807) is 0 Å². The lowest BCUT2D eigenvalue weighted by Gasteiger charge is -2.58. The fourth-order valence-electron chi connectivity index (χ4n) is 6.88. The Morgan fingerprint density at radius 1 is 1.17 bits per heavy atom. The van der Waals surface area contributed by atoms with Crippen LogP contribution in [0.1, 0.15) is 58.8 Å². The van der Waals surface area contributed by atoms with E-state index in [1.165, 1.54) is 12.0 Å². The van der Waals surface area contributed by atoms with Crippen molar-refractivity contribution in [2.75, 3.05) is 6.61 Å². The Balaban J connectivity index is 1.68. The van der Waals surface area contributed by atoms with E-state index in [1.807, 2.05) is 6.08 Å². The second-order valence-corrected chi connectivity index (χ2v) is 9.13. The molecule has 0 radical (unpaired) electrons. The first-order valence-corrected chi connectivity index (χ1v) is 9.44. The van der Waals surface area contributed by atoms with E-state index in [4.69, 9.17) is 0 Å². The summed E-state index contributed by atoms with van der Waals surface area (Å²) in [7, 11) is 0. The summed E-state index contributed by atoms with van der Waals surface area (Å²) in [6.07, 6.45) is 9.17. The maximum Gasteiger partial charge on any atom is 0.161 e. The number of allylic oxidation sites excluding steroid dienone is 1. The number of carbonyl (C=O) groups is 1. The second-order valence-electron chi connectivity index (χ2n) is 9.13. The summed E-state index contributed by atoms with van der Waals surface area (Å²) < 4.78 is 0. The highest BCUT2D eigenvalue weighted by Crippen LogP contribution is 2.65. The molecule has 3 fully saturated rings. The van der Waals surface area contributed by atoms with Crippen molar-refractivity contribution >= 4 is 5.78 Å². The Morgan fingerprint density at radius 3 is 2.70 bits per heavy atom. The van der Waals surface area contributed by atoms with Crippen LogP contribution in [0.5, 0.6) is 0 Å². The summed E-state index contributed by atoms with van der Waals surface area (Å²) >= 11 is 0. The van der Waals surface area contributed by atoms with Crippen LogP contribution in [-0.2, 0) is 4.79 Å². The van der Waals surface area contributed by atoms with E-state index in [-0.39, 0.29) is 35.2 Å². The number of carbonyl (C=O) groups excluding carboxylic acids is 1. The molecule has 0 saturated heterocycles. The number of rotatable bonds is 1. The molecule has 23 heavy (non-hydrogen) atoms. The number of ketones is 1. The molecule has 7 atom stereocenters. The standard InChI is InChI=1S/C20H30O3/c1-19-8-7-16-14(15(19)5-6-18(19)23)4-3-13-9-17(22)12(11-21)10-20(13,16)2/h9,12,14-16,18,21,23H,3-8,10-11H2,1-2H3. The van der Waals surface area contributed by atoms with Crippen LogP contribution in [0.3, 0.4) is 0 Å². The predicted octanol–water partition coefficient (Wildman–Crippen LogP) is 3.10. The topological polar surface area (TPSA) is 57.5 Å². The molecule has 0 aromatic heterocycles. The van der Waals surface area contributed by atoms with Crippen molar-refractivity contribution < 1.29 is 15.0 Å². The maximum atomic E-state index is 12.2. The molecule has 128 valence electrons. The molecule has 0 bridgehead atoms. The third-order valence-corrected chi connectivity index (χ3v) is 8.30. The molecule has 0 spiro atoms. The van der Waals surface area contributed by atoms with Crippen molar-refractivity contribution in [2.24, 2.45) is 34.5 Å². The van der Waals surface area contributed by atoms with Gasteiger partial charge in [0.15, 0.2) is 5.78 Å². The van der Waals surface area contributed by atoms with Gasteiger partial charge in [0.25, 0.3) is 0 Å². The van der Waals surface area contributed by atoms with Crippen molar-refractivity contribution in [3.63, 3.8) is 0 Å². The lowest BCUT2D eigenvalue weighted by atomic mass is 9.46. The van der Waals surface area contributed by atoms with E-state index in [0.29, 0.717) is 17.8 Å². The minimum atomic E-state index is -0.204. The average Bonchev–Trinajstić information content (AvgIpc) is 2.83. The van der Waals surface area contributed by atoms with Gasteiger partial charge in [0.05, 0.1) is 12.7 Å². The monoisotopic (exact) mass is 318 g/mol. The summed E-state index contributed by atoms with van der Waals surface area (Å²) in [6, 6.07) is 0. The Hall–Kier alpha value is -0.670. The Labute approximate surface area is 139 Å². The maximum absolute atomic E-state index is 12.2. The van der Waals surface area contributed by atoms with Gasteiger partial charge in [-0.1, -0.05) is 19.4 Å². The molecule has 3 heteroatoms. The number of hydrogen-bond acceptors (Lipinski definition) is 3. The summed E-state index contributed by atoms with van der Waals surface area (Å²) in [5.74, 6) is 1.87. The van der Waals surface area contributed by atoms with Crippen LogP contribution in [-0.4, -0.2) is 28.7 Å². The smallest absolute Gasteiger partial charge is 0.161 e. The van der Waals surface area contributed by atoms with Crippen molar-refractivity contribution in [1.82, 2.24) is 0 Å². The molecule has 4 rings (SSSR count). The Kier molecular flexibility index (Phi) is 3.55. The lowest BCUT2D eigenvalue weighted by molar-refractivity contribution is -0.124. The van der Waals surface area contributed by atoms with Crippen molar-refractivity contribution in [1.29, 1.82) is 0 Å². The summed E-state index contributed by atoms with van der Waals surface area (Å²) in [5.41, 5.74) is 1.54. The molecule has 0 heterocycles. The normalized spacial score (nSPS) is 52.4. The second kappa shape index (κ2) is 5.16. The zero-order valence-corrected chi connectivity index (χ0v) is 14.4. The van der Waals surface area contributed by atoms with Crippen molar-refractivity contribution in [3.05, 3.63) is 11.6 Å². The highest BCUT2D eigenvalue weighted by Gasteiger charge is 2.59. The van der Waals surface area contributed by atoms with Crippen LogP contribution in [0.4, 0.5) is 0 Å². The first kappa shape index (κ1) is 15.8. The number of aliphatic hydroxyl groups excluding tert-OH is 2. The molecule has 0 aromatic rings. The fraction of sp³-hybridized carbons (Fsp3) is 0.850. The van der Waals surface area contributed by atoms with Gasteiger partial charge in [-0.3, -0.25) is 4.79 Å². The van der Waals surface area contributed by atoms with Gasteiger partial charge in [-0.2, -0.15) is 0 Å². The zero-order chi connectivity index (χ0) is 16.4. The molecule has 0 aliphatic heterocycles. The van der Waals surface area contributed by atoms with Crippen molar-refractivity contribution in [3.8, 4) is 0 Å². The SMILES string of the molecule is CC12CC(CO)C(=O)C=C1CCC1C2CCC2(C)C(O)CCC12. The van der Waals surface area contributed by atoms with Crippen LogP contribution >= 0.6 is 0 Å². The lowest BCUT2D eigenvalue weighted by Crippen LogP contribution is -2.52. The Bertz CT molecular complexity index is 553. The van der Waals surface area contributed by atoms with Gasteiger partial charge >= 0.3 is 0 Å². The molecule has 4 aliphatic carbocycles. The van der Waals surface area contributed by atoms with Gasteiger partial charge < -0.3 is 10.2 Å². The van der Waals surface area contributed by atoms with E-state index in [0.717, 1.165) is 38.5 Å². The van der Waals surface area contributed by atoms with Gasteiger partial charge in [-0.15, -0.1) is 0 Å². The number of aliphatic hydroxyl groups is 2. The molecular weight excluding hydrogens is 288 g/mol. The Morgan fingerprint density at radius 2 is 1.96 bits per heavy atom. The van der Waals surface area contributed by atoms with Gasteiger partial charge in [0, 0.05) is 5.92 Å². The third kappa shape index (κ3) is 2.05. The molecule has 3 saturated carbocycles. The largest absolute Gasteiger partial charge is 0.396 e. The van der Waals surface area contributed by atoms with Crippen molar-refractivity contribution in [2.45, 2.75) is 64.9 Å². The number of hydrogen-bond donors (Lipinski definition) is 2. The van der Waals surface area contributed by atoms with E-state index < -0.39 is 0 Å². The van der Waals surface area contributed by atoms with Crippen LogP contribution in [0.15, 0.2) is 11.6 Å².